The monoisotopic (exact) mass is 527 g/mol. The molecule has 4 aromatic rings. The van der Waals surface area contributed by atoms with Gasteiger partial charge in [-0.2, -0.15) is 21.7 Å². The second kappa shape index (κ2) is 13.0. The van der Waals surface area contributed by atoms with Crippen LogP contribution in [0.1, 0.15) is 25.7 Å². The smallest absolute Gasteiger partial charge is 0.319 e. The van der Waals surface area contributed by atoms with Gasteiger partial charge in [-0.05, 0) is 62.2 Å². The molecule has 0 spiro atoms. The van der Waals surface area contributed by atoms with Crippen molar-refractivity contribution in [2.24, 2.45) is 0 Å². The summed E-state index contributed by atoms with van der Waals surface area (Å²) in [7, 11) is 1.73. The van der Waals surface area contributed by atoms with Crippen molar-refractivity contribution in [3.63, 3.8) is 0 Å². The Balaban J connectivity index is 1.50. The molecule has 0 saturated heterocycles. The highest BCUT2D eigenvalue weighted by Gasteiger charge is 2.19. The maximum atomic E-state index is 15.9. The molecule has 0 aliphatic carbocycles. The van der Waals surface area contributed by atoms with Crippen LogP contribution in [0.4, 0.5) is 10.2 Å². The number of anilines is 1. The lowest BCUT2D eigenvalue weighted by molar-refractivity contribution is 0.283. The van der Waals surface area contributed by atoms with E-state index in [1.54, 1.807) is 19.3 Å². The normalized spacial score (nSPS) is 11.3. The van der Waals surface area contributed by atoms with Crippen molar-refractivity contribution in [1.29, 1.82) is 0 Å². The molecule has 0 amide bonds. The summed E-state index contributed by atoms with van der Waals surface area (Å²) < 4.78 is 21.7. The number of aromatic nitrogens is 3. The van der Waals surface area contributed by atoms with Gasteiger partial charge in [0.25, 0.3) is 0 Å². The lowest BCUT2D eigenvalue weighted by Crippen LogP contribution is -2.17. The molecule has 9 heteroatoms. The summed E-state index contributed by atoms with van der Waals surface area (Å²) >= 11 is 8.35. The third kappa shape index (κ3) is 6.17. The number of hydrogen-bond donors (Lipinski definition) is 2. The van der Waals surface area contributed by atoms with E-state index in [1.165, 1.54) is 12.2 Å². The van der Waals surface area contributed by atoms with E-state index >= 15 is 4.39 Å². The number of ether oxygens (including phenoxy) is 1. The van der Waals surface area contributed by atoms with Crippen molar-refractivity contribution in [2.45, 2.75) is 25.7 Å². The van der Waals surface area contributed by atoms with Gasteiger partial charge in [-0.15, -0.1) is 0 Å². The molecule has 190 valence electrons. The van der Waals surface area contributed by atoms with Crippen LogP contribution in [-0.4, -0.2) is 53.7 Å². The lowest BCUT2D eigenvalue weighted by atomic mass is 10.0. The van der Waals surface area contributed by atoms with Crippen LogP contribution in [0.25, 0.3) is 32.9 Å². The number of rotatable bonds is 13. The summed E-state index contributed by atoms with van der Waals surface area (Å²) in [6, 6.07) is 11.4. The average Bonchev–Trinajstić information content (AvgIpc) is 2.89. The zero-order valence-corrected chi connectivity index (χ0v) is 22.2. The standard InChI is InChI=1S/C27H31ClFN5OS/c1-30-26-20-17-32-24(19-11-6-9-18-10-7-12-21(28)22(18)19)23(29)25(20)33-27(34-26)35-15-5-3-4-13-31-14-8-16-36-2/h6-7,9-12,17,31H,3-5,8,13-16H2,1-2H3,(H,30,33,34). The van der Waals surface area contributed by atoms with Crippen molar-refractivity contribution in [3.8, 4) is 17.3 Å². The van der Waals surface area contributed by atoms with E-state index in [2.05, 4.69) is 31.8 Å². The largest absolute Gasteiger partial charge is 0.463 e. The van der Waals surface area contributed by atoms with Crippen LogP contribution >= 0.6 is 23.4 Å². The molecule has 0 aliphatic heterocycles. The number of pyridine rings is 1. The average molecular weight is 528 g/mol. The van der Waals surface area contributed by atoms with Crippen LogP contribution in [-0.2, 0) is 0 Å². The van der Waals surface area contributed by atoms with Crippen LogP contribution in [0.5, 0.6) is 6.01 Å². The molecular formula is C27H31ClFN5OS. The van der Waals surface area contributed by atoms with Gasteiger partial charge in [0.05, 0.1) is 12.0 Å². The Hall–Kier alpha value is -2.68. The molecular weight excluding hydrogens is 497 g/mol. The second-order valence-corrected chi connectivity index (χ2v) is 9.83. The van der Waals surface area contributed by atoms with Gasteiger partial charge in [-0.1, -0.05) is 41.9 Å². The molecule has 2 aromatic heterocycles. The Labute approximate surface area is 220 Å². The van der Waals surface area contributed by atoms with E-state index in [0.717, 1.165) is 43.1 Å². The Morgan fingerprint density at radius 2 is 1.83 bits per heavy atom. The summed E-state index contributed by atoms with van der Waals surface area (Å²) in [5.74, 6) is 1.13. The van der Waals surface area contributed by atoms with Crippen molar-refractivity contribution in [3.05, 3.63) is 53.4 Å². The molecule has 2 N–H and O–H groups in total. The van der Waals surface area contributed by atoms with E-state index in [9.17, 15) is 0 Å². The fourth-order valence-electron chi connectivity index (χ4n) is 4.13. The van der Waals surface area contributed by atoms with Gasteiger partial charge in [0, 0.05) is 29.2 Å². The minimum atomic E-state index is -0.531. The number of thioether (sulfide) groups is 1. The molecule has 0 fully saturated rings. The Bertz CT molecular complexity index is 1320. The van der Waals surface area contributed by atoms with Gasteiger partial charge in [0.15, 0.2) is 5.82 Å². The lowest BCUT2D eigenvalue weighted by Gasteiger charge is -2.13. The maximum Gasteiger partial charge on any atom is 0.319 e. The maximum absolute atomic E-state index is 15.9. The summed E-state index contributed by atoms with van der Waals surface area (Å²) in [5.41, 5.74) is 0.970. The zero-order valence-electron chi connectivity index (χ0n) is 20.6. The Morgan fingerprint density at radius 1 is 1.03 bits per heavy atom. The van der Waals surface area contributed by atoms with Gasteiger partial charge in [0.2, 0.25) is 0 Å². The molecule has 0 atom stereocenters. The number of fused-ring (bicyclic) bond motifs is 2. The number of unbranched alkanes of at least 4 members (excludes halogenated alkanes) is 2. The van der Waals surface area contributed by atoms with E-state index < -0.39 is 5.82 Å². The number of halogens is 2. The molecule has 0 radical (unpaired) electrons. The number of nitrogens with one attached hydrogen (secondary N) is 2. The first-order valence-corrected chi connectivity index (χ1v) is 13.9. The van der Waals surface area contributed by atoms with Gasteiger partial charge in [-0.25, -0.2) is 4.39 Å². The first kappa shape index (κ1) is 26.4. The molecule has 0 bridgehead atoms. The molecule has 2 aromatic carbocycles. The summed E-state index contributed by atoms with van der Waals surface area (Å²) in [6.45, 7) is 2.53. The minimum absolute atomic E-state index is 0.147. The van der Waals surface area contributed by atoms with Crippen LogP contribution in [0.15, 0.2) is 42.6 Å². The highest BCUT2D eigenvalue weighted by atomic mass is 35.5. The molecule has 0 saturated carbocycles. The second-order valence-electron chi connectivity index (χ2n) is 8.44. The van der Waals surface area contributed by atoms with Crippen LogP contribution in [0, 0.1) is 5.82 Å². The van der Waals surface area contributed by atoms with Gasteiger partial charge in [0.1, 0.15) is 17.0 Å². The zero-order chi connectivity index (χ0) is 25.3. The third-order valence-corrected chi connectivity index (χ3v) is 6.95. The van der Waals surface area contributed by atoms with Crippen molar-refractivity contribution < 1.29 is 9.13 Å². The van der Waals surface area contributed by atoms with E-state index in [1.807, 2.05) is 42.1 Å². The molecule has 0 aliphatic rings. The topological polar surface area (TPSA) is 72.0 Å². The molecule has 0 unspecified atom stereocenters. The fraction of sp³-hybridized carbons (Fsp3) is 0.370. The Morgan fingerprint density at radius 3 is 2.64 bits per heavy atom. The van der Waals surface area contributed by atoms with E-state index in [4.69, 9.17) is 16.3 Å². The SMILES string of the molecule is CNc1nc(OCCCCCNCCCSC)nc2c(F)c(-c3cccc4cccc(Cl)c34)ncc12. The number of benzene rings is 2. The first-order chi connectivity index (χ1) is 17.6. The number of hydrogen-bond acceptors (Lipinski definition) is 7. The van der Waals surface area contributed by atoms with Crippen LogP contribution in [0.3, 0.4) is 0 Å². The summed E-state index contributed by atoms with van der Waals surface area (Å²) in [4.78, 5) is 13.3. The van der Waals surface area contributed by atoms with Crippen molar-refractivity contribution in [2.75, 3.05) is 44.1 Å². The Kier molecular flexibility index (Phi) is 9.55. The van der Waals surface area contributed by atoms with E-state index in [-0.39, 0.29) is 17.2 Å². The molecule has 4 rings (SSSR count). The highest BCUT2D eigenvalue weighted by Crippen LogP contribution is 2.36. The quantitative estimate of drug-likeness (QED) is 0.190. The minimum Gasteiger partial charge on any atom is -0.463 e. The molecule has 6 nitrogen and oxygen atoms in total. The summed E-state index contributed by atoms with van der Waals surface area (Å²) in [6.07, 6.45) is 7.90. The number of nitrogens with zero attached hydrogens (tertiary/aromatic N) is 3. The van der Waals surface area contributed by atoms with Gasteiger partial charge in [-0.3, -0.25) is 4.98 Å². The van der Waals surface area contributed by atoms with Crippen molar-refractivity contribution >= 4 is 50.9 Å². The van der Waals surface area contributed by atoms with Crippen molar-refractivity contribution in [1.82, 2.24) is 20.3 Å². The predicted molar refractivity (Wildman–Crippen MR) is 150 cm³/mol. The molecule has 2 heterocycles. The third-order valence-electron chi connectivity index (χ3n) is 5.94. The molecule has 36 heavy (non-hydrogen) atoms. The van der Waals surface area contributed by atoms with E-state index in [0.29, 0.717) is 28.4 Å². The predicted octanol–water partition coefficient (Wildman–Crippen LogP) is 6.57. The highest BCUT2D eigenvalue weighted by molar-refractivity contribution is 7.98. The van der Waals surface area contributed by atoms with Gasteiger partial charge >= 0.3 is 6.01 Å². The van der Waals surface area contributed by atoms with Crippen LogP contribution < -0.4 is 15.4 Å². The first-order valence-electron chi connectivity index (χ1n) is 12.2. The summed E-state index contributed by atoms with van der Waals surface area (Å²) in [5, 5.41) is 9.17. The fourth-order valence-corrected chi connectivity index (χ4v) is 4.85. The van der Waals surface area contributed by atoms with Gasteiger partial charge < -0.3 is 15.4 Å². The van der Waals surface area contributed by atoms with Crippen LogP contribution in [0.2, 0.25) is 5.02 Å².